The standard InChI is InChI=1S/C23H25ClN4O3/c1-3-28(19-8-4-7-18(24)14-19)22(29)17-6-5-13-27(15-17)23-25-21(26-31-23)16-9-11-20(30-2)12-10-16/h4,7-12,14,17H,3,5-6,13,15H2,1-2H3/t17-/m1/s1. The number of halogens is 1. The second kappa shape index (κ2) is 9.39. The van der Waals surface area contributed by atoms with Gasteiger partial charge < -0.3 is 19.1 Å². The van der Waals surface area contributed by atoms with Gasteiger partial charge in [0.2, 0.25) is 11.7 Å². The molecule has 162 valence electrons. The van der Waals surface area contributed by atoms with Crippen LogP contribution in [0.4, 0.5) is 11.7 Å². The van der Waals surface area contributed by atoms with Gasteiger partial charge >= 0.3 is 6.01 Å². The second-order valence-electron chi connectivity index (χ2n) is 7.48. The van der Waals surface area contributed by atoms with Crippen LogP contribution in [-0.4, -0.2) is 42.8 Å². The fourth-order valence-electron chi connectivity index (χ4n) is 3.88. The third kappa shape index (κ3) is 4.66. The zero-order chi connectivity index (χ0) is 21.8. The molecule has 2 aromatic carbocycles. The molecule has 1 aliphatic heterocycles. The Hall–Kier alpha value is -3.06. The summed E-state index contributed by atoms with van der Waals surface area (Å²) < 4.78 is 10.7. The highest BCUT2D eigenvalue weighted by Gasteiger charge is 2.31. The molecule has 1 aromatic heterocycles. The number of amides is 1. The van der Waals surface area contributed by atoms with Gasteiger partial charge in [-0.2, -0.15) is 4.98 Å². The fraction of sp³-hybridized carbons (Fsp3) is 0.348. The minimum absolute atomic E-state index is 0.0874. The van der Waals surface area contributed by atoms with E-state index in [0.29, 0.717) is 30.0 Å². The van der Waals surface area contributed by atoms with E-state index in [1.807, 2.05) is 60.4 Å². The van der Waals surface area contributed by atoms with Crippen LogP contribution in [-0.2, 0) is 4.79 Å². The molecule has 0 radical (unpaired) electrons. The molecule has 1 aliphatic rings. The van der Waals surface area contributed by atoms with E-state index in [1.54, 1.807) is 12.0 Å². The Bertz CT molecular complexity index is 1040. The van der Waals surface area contributed by atoms with Crippen molar-refractivity contribution in [2.45, 2.75) is 19.8 Å². The first-order valence-corrected chi connectivity index (χ1v) is 10.8. The number of benzene rings is 2. The van der Waals surface area contributed by atoms with Crippen molar-refractivity contribution < 1.29 is 14.1 Å². The molecule has 1 fully saturated rings. The normalized spacial score (nSPS) is 16.2. The maximum Gasteiger partial charge on any atom is 0.324 e. The van der Waals surface area contributed by atoms with Crippen molar-refractivity contribution in [3.8, 4) is 17.1 Å². The molecule has 0 N–H and O–H groups in total. The van der Waals surface area contributed by atoms with Crippen LogP contribution in [0.5, 0.6) is 5.75 Å². The van der Waals surface area contributed by atoms with E-state index in [2.05, 4.69) is 10.1 Å². The molecule has 0 aliphatic carbocycles. The summed E-state index contributed by atoms with van der Waals surface area (Å²) in [5, 5.41) is 4.73. The SMILES string of the molecule is CCN(C(=O)[C@@H]1CCCN(c2nc(-c3ccc(OC)cc3)no2)C1)c1cccc(Cl)c1. The summed E-state index contributed by atoms with van der Waals surface area (Å²) >= 11 is 6.13. The van der Waals surface area contributed by atoms with Crippen LogP contribution >= 0.6 is 11.6 Å². The predicted octanol–water partition coefficient (Wildman–Crippen LogP) is 4.67. The number of hydrogen-bond donors (Lipinski definition) is 0. The Morgan fingerprint density at radius 3 is 2.81 bits per heavy atom. The van der Waals surface area contributed by atoms with Crippen LogP contribution in [0.15, 0.2) is 53.1 Å². The van der Waals surface area contributed by atoms with Crippen LogP contribution in [0.2, 0.25) is 5.02 Å². The van der Waals surface area contributed by atoms with Crippen LogP contribution in [0.1, 0.15) is 19.8 Å². The first-order chi connectivity index (χ1) is 15.1. The number of hydrogen-bond acceptors (Lipinski definition) is 6. The zero-order valence-corrected chi connectivity index (χ0v) is 18.4. The summed E-state index contributed by atoms with van der Waals surface area (Å²) in [5.41, 5.74) is 1.66. The van der Waals surface area contributed by atoms with Gasteiger partial charge in [0.15, 0.2) is 0 Å². The lowest BCUT2D eigenvalue weighted by Gasteiger charge is -2.33. The first kappa shape index (κ1) is 21.2. The fourth-order valence-corrected chi connectivity index (χ4v) is 4.07. The topological polar surface area (TPSA) is 71.7 Å². The summed E-state index contributed by atoms with van der Waals surface area (Å²) in [6.45, 7) is 3.87. The number of piperidine rings is 1. The molecule has 2 heterocycles. The van der Waals surface area contributed by atoms with Crippen LogP contribution in [0, 0.1) is 5.92 Å². The van der Waals surface area contributed by atoms with E-state index in [-0.39, 0.29) is 11.8 Å². The summed E-state index contributed by atoms with van der Waals surface area (Å²) in [6.07, 6.45) is 1.70. The van der Waals surface area contributed by atoms with Crippen molar-refractivity contribution in [3.63, 3.8) is 0 Å². The average Bonchev–Trinajstić information content (AvgIpc) is 3.30. The van der Waals surface area contributed by atoms with Gasteiger partial charge in [-0.05, 0) is 62.2 Å². The molecule has 3 aromatic rings. The highest BCUT2D eigenvalue weighted by molar-refractivity contribution is 6.30. The molecule has 1 saturated heterocycles. The Morgan fingerprint density at radius 1 is 1.29 bits per heavy atom. The molecule has 0 unspecified atom stereocenters. The van der Waals surface area contributed by atoms with Crippen molar-refractivity contribution in [2.75, 3.05) is 36.5 Å². The Morgan fingerprint density at radius 2 is 2.10 bits per heavy atom. The number of rotatable bonds is 6. The maximum atomic E-state index is 13.3. The van der Waals surface area contributed by atoms with Gasteiger partial charge in [0.25, 0.3) is 0 Å². The quantitative estimate of drug-likeness (QED) is 0.554. The Labute approximate surface area is 186 Å². The van der Waals surface area contributed by atoms with Crippen molar-refractivity contribution in [1.29, 1.82) is 0 Å². The number of aromatic nitrogens is 2. The van der Waals surface area contributed by atoms with Gasteiger partial charge in [-0.1, -0.05) is 22.8 Å². The van der Waals surface area contributed by atoms with Crippen LogP contribution < -0.4 is 14.5 Å². The molecule has 0 spiro atoms. The monoisotopic (exact) mass is 440 g/mol. The number of nitrogens with zero attached hydrogens (tertiary/aromatic N) is 4. The number of anilines is 2. The average molecular weight is 441 g/mol. The van der Waals surface area contributed by atoms with Crippen molar-refractivity contribution >= 4 is 29.2 Å². The van der Waals surface area contributed by atoms with Crippen LogP contribution in [0.25, 0.3) is 11.4 Å². The van der Waals surface area contributed by atoms with Crippen LogP contribution in [0.3, 0.4) is 0 Å². The second-order valence-corrected chi connectivity index (χ2v) is 7.91. The van der Waals surface area contributed by atoms with E-state index in [1.165, 1.54) is 0 Å². The molecule has 8 heteroatoms. The van der Waals surface area contributed by atoms with E-state index in [9.17, 15) is 4.79 Å². The largest absolute Gasteiger partial charge is 0.497 e. The molecular formula is C23H25ClN4O3. The Kier molecular flexibility index (Phi) is 6.42. The lowest BCUT2D eigenvalue weighted by Crippen LogP contribution is -2.45. The van der Waals surface area contributed by atoms with Crippen molar-refractivity contribution in [2.24, 2.45) is 5.92 Å². The molecule has 0 saturated carbocycles. The summed E-state index contributed by atoms with van der Waals surface area (Å²) in [6, 6.07) is 15.3. The van der Waals surface area contributed by atoms with Gasteiger partial charge in [-0.15, -0.1) is 0 Å². The first-order valence-electron chi connectivity index (χ1n) is 10.4. The van der Waals surface area contributed by atoms with Gasteiger partial charge in [0, 0.05) is 35.9 Å². The maximum absolute atomic E-state index is 13.3. The summed E-state index contributed by atoms with van der Waals surface area (Å²) in [7, 11) is 1.63. The molecular weight excluding hydrogens is 416 g/mol. The molecule has 1 amide bonds. The highest BCUT2D eigenvalue weighted by atomic mass is 35.5. The molecule has 4 rings (SSSR count). The van der Waals surface area contributed by atoms with E-state index < -0.39 is 0 Å². The van der Waals surface area contributed by atoms with E-state index >= 15 is 0 Å². The number of carbonyl (C=O) groups excluding carboxylic acids is 1. The minimum Gasteiger partial charge on any atom is -0.497 e. The Balaban J connectivity index is 1.48. The molecule has 31 heavy (non-hydrogen) atoms. The minimum atomic E-state index is -0.149. The number of ether oxygens (including phenoxy) is 1. The summed E-state index contributed by atoms with van der Waals surface area (Å²) in [4.78, 5) is 21.6. The third-order valence-corrected chi connectivity index (χ3v) is 5.74. The predicted molar refractivity (Wildman–Crippen MR) is 121 cm³/mol. The van der Waals surface area contributed by atoms with Gasteiger partial charge in [0.05, 0.1) is 13.0 Å². The van der Waals surface area contributed by atoms with E-state index in [0.717, 1.165) is 36.4 Å². The highest BCUT2D eigenvalue weighted by Crippen LogP contribution is 2.28. The molecule has 7 nitrogen and oxygen atoms in total. The third-order valence-electron chi connectivity index (χ3n) is 5.51. The van der Waals surface area contributed by atoms with Gasteiger partial charge in [-0.3, -0.25) is 4.79 Å². The lowest BCUT2D eigenvalue weighted by atomic mass is 9.96. The van der Waals surface area contributed by atoms with Gasteiger partial charge in [0.1, 0.15) is 5.75 Å². The van der Waals surface area contributed by atoms with E-state index in [4.69, 9.17) is 20.9 Å². The summed E-state index contributed by atoms with van der Waals surface area (Å²) in [5.74, 6) is 1.22. The van der Waals surface area contributed by atoms with Crippen molar-refractivity contribution in [3.05, 3.63) is 53.6 Å². The zero-order valence-electron chi connectivity index (χ0n) is 17.6. The number of carbonyl (C=O) groups is 1. The number of methoxy groups -OCH3 is 1. The molecule has 1 atom stereocenters. The smallest absolute Gasteiger partial charge is 0.324 e. The lowest BCUT2D eigenvalue weighted by molar-refractivity contribution is -0.122. The molecule has 0 bridgehead atoms. The van der Waals surface area contributed by atoms with Crippen molar-refractivity contribution in [1.82, 2.24) is 10.1 Å². The van der Waals surface area contributed by atoms with Gasteiger partial charge in [-0.25, -0.2) is 0 Å².